The van der Waals surface area contributed by atoms with Crippen LogP contribution in [0, 0.1) is 5.82 Å². The van der Waals surface area contributed by atoms with Gasteiger partial charge < -0.3 is 13.9 Å². The molecular weight excluding hydrogens is 467 g/mol. The number of aromatic amines is 1. The van der Waals surface area contributed by atoms with Crippen molar-refractivity contribution in [1.82, 2.24) is 9.97 Å². The Balaban J connectivity index is 1.51. The SMILES string of the molecule is COc1cc(-c2nc3sc4c(c3c(=O)[nH]2)CCCC4)ccc1OS(=O)(=O)c1ccc(F)cc1. The topological polar surface area (TPSA) is 98.3 Å². The van der Waals surface area contributed by atoms with Crippen LogP contribution in [0.15, 0.2) is 52.2 Å². The lowest BCUT2D eigenvalue weighted by Gasteiger charge is -2.12. The number of hydrogen-bond acceptors (Lipinski definition) is 7. The fourth-order valence-corrected chi connectivity index (χ4v) is 6.15. The summed E-state index contributed by atoms with van der Waals surface area (Å²) in [7, 11) is -2.82. The summed E-state index contributed by atoms with van der Waals surface area (Å²) in [6.07, 6.45) is 4.04. The third-order valence-corrected chi connectivity index (χ3v) is 8.00. The molecule has 2 aromatic heterocycles. The number of aryl methyl sites for hydroxylation is 2. The van der Waals surface area contributed by atoms with Crippen LogP contribution in [-0.2, 0) is 23.0 Å². The van der Waals surface area contributed by atoms with E-state index < -0.39 is 15.9 Å². The second-order valence-corrected chi connectivity index (χ2v) is 10.3. The van der Waals surface area contributed by atoms with Gasteiger partial charge in [0.1, 0.15) is 21.4 Å². The zero-order chi connectivity index (χ0) is 23.2. The lowest BCUT2D eigenvalue weighted by Crippen LogP contribution is -2.12. The highest BCUT2D eigenvalue weighted by atomic mass is 32.2. The minimum absolute atomic E-state index is 0.0411. The number of H-pyrrole nitrogens is 1. The van der Waals surface area contributed by atoms with Crippen LogP contribution in [0.3, 0.4) is 0 Å². The molecule has 5 rings (SSSR count). The first-order chi connectivity index (χ1) is 15.9. The number of methoxy groups -OCH3 is 1. The molecule has 1 N–H and O–H groups in total. The molecule has 0 amide bonds. The molecule has 10 heteroatoms. The molecule has 0 aliphatic heterocycles. The summed E-state index contributed by atoms with van der Waals surface area (Å²) in [5.74, 6) is -0.0923. The molecule has 0 radical (unpaired) electrons. The molecule has 0 spiro atoms. The Morgan fingerprint density at radius 2 is 1.82 bits per heavy atom. The van der Waals surface area contributed by atoms with Crippen LogP contribution in [0.5, 0.6) is 11.5 Å². The maximum atomic E-state index is 13.1. The number of halogens is 1. The van der Waals surface area contributed by atoms with Crippen molar-refractivity contribution in [2.45, 2.75) is 30.6 Å². The standard InChI is InChI=1S/C23H19FN2O5S2/c1-30-18-12-13(6-11-17(18)31-33(28,29)15-9-7-14(24)8-10-15)21-25-22(27)20-16-4-2-3-5-19(16)32-23(20)26-21/h6-12H,2-5H2,1H3,(H,25,26,27). The Morgan fingerprint density at radius 3 is 2.58 bits per heavy atom. The lowest BCUT2D eigenvalue weighted by atomic mass is 9.97. The van der Waals surface area contributed by atoms with E-state index in [0.29, 0.717) is 21.6 Å². The molecule has 1 aliphatic carbocycles. The Labute approximate surface area is 193 Å². The summed E-state index contributed by atoms with van der Waals surface area (Å²) >= 11 is 1.55. The van der Waals surface area contributed by atoms with Gasteiger partial charge in [-0.25, -0.2) is 9.37 Å². The second kappa shape index (κ2) is 8.27. The zero-order valence-corrected chi connectivity index (χ0v) is 19.2. The van der Waals surface area contributed by atoms with Crippen LogP contribution < -0.4 is 14.5 Å². The third-order valence-electron chi connectivity index (χ3n) is 5.56. The minimum Gasteiger partial charge on any atom is -0.493 e. The summed E-state index contributed by atoms with van der Waals surface area (Å²) in [6, 6.07) is 8.89. The molecule has 33 heavy (non-hydrogen) atoms. The fourth-order valence-electron chi connectivity index (χ4n) is 3.95. The molecule has 7 nitrogen and oxygen atoms in total. The van der Waals surface area contributed by atoms with Gasteiger partial charge in [-0.1, -0.05) is 0 Å². The van der Waals surface area contributed by atoms with E-state index in [4.69, 9.17) is 8.92 Å². The number of thiophene rings is 1. The Kier molecular flexibility index (Phi) is 5.41. The summed E-state index contributed by atoms with van der Waals surface area (Å²) in [5, 5.41) is 0.663. The quantitative estimate of drug-likeness (QED) is 0.419. The monoisotopic (exact) mass is 486 g/mol. The normalized spacial score (nSPS) is 13.6. The van der Waals surface area contributed by atoms with Gasteiger partial charge in [-0.3, -0.25) is 4.79 Å². The lowest BCUT2D eigenvalue weighted by molar-refractivity contribution is 0.390. The van der Waals surface area contributed by atoms with E-state index in [-0.39, 0.29) is 22.0 Å². The van der Waals surface area contributed by atoms with Gasteiger partial charge in [-0.2, -0.15) is 8.42 Å². The van der Waals surface area contributed by atoms with Crippen molar-refractivity contribution in [3.63, 3.8) is 0 Å². The third kappa shape index (κ3) is 4.00. The van der Waals surface area contributed by atoms with Crippen LogP contribution in [0.25, 0.3) is 21.6 Å². The number of nitrogens with one attached hydrogen (secondary N) is 1. The van der Waals surface area contributed by atoms with E-state index in [0.717, 1.165) is 55.5 Å². The molecule has 2 heterocycles. The van der Waals surface area contributed by atoms with Crippen molar-refractivity contribution in [2.75, 3.05) is 7.11 Å². The fraction of sp³-hybridized carbons (Fsp3) is 0.217. The van der Waals surface area contributed by atoms with Crippen molar-refractivity contribution >= 4 is 31.7 Å². The number of aromatic nitrogens is 2. The van der Waals surface area contributed by atoms with Gasteiger partial charge in [0.15, 0.2) is 11.5 Å². The van der Waals surface area contributed by atoms with E-state index in [2.05, 4.69) is 9.97 Å². The number of benzene rings is 2. The van der Waals surface area contributed by atoms with Gasteiger partial charge in [0, 0.05) is 10.4 Å². The van der Waals surface area contributed by atoms with Crippen molar-refractivity contribution in [2.24, 2.45) is 0 Å². The molecular formula is C23H19FN2O5S2. The van der Waals surface area contributed by atoms with E-state index in [1.54, 1.807) is 23.5 Å². The van der Waals surface area contributed by atoms with Crippen molar-refractivity contribution in [3.8, 4) is 22.9 Å². The van der Waals surface area contributed by atoms with Crippen LogP contribution in [0.4, 0.5) is 4.39 Å². The summed E-state index contributed by atoms with van der Waals surface area (Å²) in [4.78, 5) is 22.1. The average molecular weight is 487 g/mol. The zero-order valence-electron chi connectivity index (χ0n) is 17.6. The van der Waals surface area contributed by atoms with E-state index in [1.165, 1.54) is 18.1 Å². The largest absolute Gasteiger partial charge is 0.493 e. The van der Waals surface area contributed by atoms with Crippen LogP contribution >= 0.6 is 11.3 Å². The molecule has 2 aromatic carbocycles. The molecule has 1 aliphatic rings. The van der Waals surface area contributed by atoms with Crippen LogP contribution in [0.1, 0.15) is 23.3 Å². The van der Waals surface area contributed by atoms with E-state index >= 15 is 0 Å². The predicted molar refractivity (Wildman–Crippen MR) is 123 cm³/mol. The van der Waals surface area contributed by atoms with E-state index in [1.807, 2.05) is 0 Å². The number of nitrogens with zero attached hydrogens (tertiary/aromatic N) is 1. The van der Waals surface area contributed by atoms with Gasteiger partial charge in [0.2, 0.25) is 0 Å². The van der Waals surface area contributed by atoms with Gasteiger partial charge in [-0.05, 0) is 73.7 Å². The summed E-state index contributed by atoms with van der Waals surface area (Å²) in [5.41, 5.74) is 1.46. The summed E-state index contributed by atoms with van der Waals surface area (Å²) in [6.45, 7) is 0. The van der Waals surface area contributed by atoms with Crippen LogP contribution in [0.2, 0.25) is 0 Å². The molecule has 0 unspecified atom stereocenters. The highest BCUT2D eigenvalue weighted by Gasteiger charge is 2.22. The van der Waals surface area contributed by atoms with Gasteiger partial charge >= 0.3 is 10.1 Å². The van der Waals surface area contributed by atoms with Gasteiger partial charge in [-0.15, -0.1) is 11.3 Å². The number of fused-ring (bicyclic) bond motifs is 3. The van der Waals surface area contributed by atoms with Crippen molar-refractivity contribution < 1.29 is 21.7 Å². The number of rotatable bonds is 5. The Hall–Kier alpha value is -3.24. The molecule has 0 bridgehead atoms. The van der Waals surface area contributed by atoms with Crippen LogP contribution in [-0.4, -0.2) is 25.5 Å². The minimum atomic E-state index is -4.20. The molecule has 0 fully saturated rings. The smallest absolute Gasteiger partial charge is 0.339 e. The molecule has 0 saturated carbocycles. The van der Waals surface area contributed by atoms with Crippen molar-refractivity contribution in [1.29, 1.82) is 0 Å². The average Bonchev–Trinajstić information content (AvgIpc) is 3.18. The molecule has 0 atom stereocenters. The summed E-state index contributed by atoms with van der Waals surface area (Å²) < 4.78 is 48.8. The van der Waals surface area contributed by atoms with Gasteiger partial charge in [0.25, 0.3) is 5.56 Å². The van der Waals surface area contributed by atoms with E-state index in [9.17, 15) is 17.6 Å². The second-order valence-electron chi connectivity index (χ2n) is 7.66. The first kappa shape index (κ1) is 21.6. The number of ether oxygens (including phenoxy) is 1. The van der Waals surface area contributed by atoms with Crippen molar-refractivity contribution in [3.05, 3.63) is 69.1 Å². The number of hydrogen-bond donors (Lipinski definition) is 1. The molecule has 170 valence electrons. The first-order valence-electron chi connectivity index (χ1n) is 10.3. The Morgan fingerprint density at radius 1 is 1.06 bits per heavy atom. The van der Waals surface area contributed by atoms with Gasteiger partial charge in [0.05, 0.1) is 12.5 Å². The maximum absolute atomic E-state index is 13.1. The maximum Gasteiger partial charge on any atom is 0.339 e. The molecule has 0 saturated heterocycles. The first-order valence-corrected chi connectivity index (χ1v) is 12.5. The predicted octanol–water partition coefficient (Wildman–Crippen LogP) is 4.45. The highest BCUT2D eigenvalue weighted by Crippen LogP contribution is 2.36. The molecule has 4 aromatic rings. The Bertz CT molecular complexity index is 1530. The highest BCUT2D eigenvalue weighted by molar-refractivity contribution is 7.87.